The van der Waals surface area contributed by atoms with Crippen LogP contribution in [0.5, 0.6) is 5.75 Å². The lowest BCUT2D eigenvalue weighted by molar-refractivity contribution is -0.0504. The fraction of sp³-hybridized carbons (Fsp3) is 0.375. The largest absolute Gasteiger partial charge is 0.434 e. The fourth-order valence-electron chi connectivity index (χ4n) is 2.05. The van der Waals surface area contributed by atoms with E-state index >= 15 is 0 Å². The van der Waals surface area contributed by atoms with E-state index in [1.807, 2.05) is 13.8 Å². The number of aliphatic imine (C=N–C) groups is 1. The molecular weight excluding hydrogens is 445 g/mol. The third-order valence-corrected chi connectivity index (χ3v) is 3.11. The topological polar surface area (TPSA) is 71.7 Å². The first-order valence-electron chi connectivity index (χ1n) is 7.54. The Hall–Kier alpha value is -1.91. The molecule has 0 aliphatic carbocycles. The Balaban J connectivity index is 0.00000312. The number of rotatable bonds is 7. The highest BCUT2D eigenvalue weighted by atomic mass is 127. The molecule has 0 fully saturated rings. The van der Waals surface area contributed by atoms with Crippen LogP contribution in [0.1, 0.15) is 23.7 Å². The lowest BCUT2D eigenvalue weighted by atomic mass is 10.1. The molecule has 0 radical (unpaired) electrons. The molecule has 0 atom stereocenters. The van der Waals surface area contributed by atoms with Gasteiger partial charge in [0.25, 0.3) is 0 Å². The maximum absolute atomic E-state index is 12.5. The smallest absolute Gasteiger partial charge is 0.387 e. The zero-order valence-electron chi connectivity index (χ0n) is 14.0. The van der Waals surface area contributed by atoms with Crippen molar-refractivity contribution in [1.29, 1.82) is 0 Å². The Morgan fingerprint density at radius 3 is 2.76 bits per heavy atom. The third-order valence-electron chi connectivity index (χ3n) is 3.11. The van der Waals surface area contributed by atoms with Gasteiger partial charge in [0.05, 0.1) is 13.1 Å². The normalized spacial score (nSPS) is 11.2. The number of aryl methyl sites for hydroxylation is 1. The lowest BCUT2D eigenvalue weighted by Gasteiger charge is -2.12. The average molecular weight is 466 g/mol. The second-order valence-electron chi connectivity index (χ2n) is 5.03. The van der Waals surface area contributed by atoms with Gasteiger partial charge in [0.15, 0.2) is 5.96 Å². The standard InChI is InChI=1S/C16H20F2N4O2.HI/c1-3-19-16(21-10-13-6-7-23-22-13)20-9-12-8-11(2)4-5-14(12)24-15(17)18;/h4-8,15H,3,9-10H2,1-2H3,(H2,19,20,21);1H. The molecule has 0 amide bonds. The van der Waals surface area contributed by atoms with Crippen molar-refractivity contribution < 1.29 is 18.0 Å². The van der Waals surface area contributed by atoms with Crippen molar-refractivity contribution in [1.82, 2.24) is 15.8 Å². The first-order chi connectivity index (χ1) is 11.6. The Morgan fingerprint density at radius 2 is 2.12 bits per heavy atom. The lowest BCUT2D eigenvalue weighted by Crippen LogP contribution is -2.36. The van der Waals surface area contributed by atoms with Crippen LogP contribution in [0.15, 0.2) is 40.0 Å². The van der Waals surface area contributed by atoms with E-state index in [1.54, 1.807) is 18.2 Å². The van der Waals surface area contributed by atoms with Crippen LogP contribution in [-0.2, 0) is 13.1 Å². The molecule has 1 aromatic carbocycles. The summed E-state index contributed by atoms with van der Waals surface area (Å²) in [6.07, 6.45) is 1.49. The van der Waals surface area contributed by atoms with E-state index in [1.165, 1.54) is 12.3 Å². The van der Waals surface area contributed by atoms with Crippen molar-refractivity contribution in [2.45, 2.75) is 33.5 Å². The zero-order chi connectivity index (χ0) is 17.4. The van der Waals surface area contributed by atoms with Gasteiger partial charge in [-0.2, -0.15) is 8.78 Å². The minimum absolute atomic E-state index is 0. The molecule has 25 heavy (non-hydrogen) atoms. The fourth-order valence-corrected chi connectivity index (χ4v) is 2.05. The van der Waals surface area contributed by atoms with Crippen LogP contribution in [0.25, 0.3) is 0 Å². The van der Waals surface area contributed by atoms with E-state index in [0.717, 1.165) is 11.3 Å². The maximum Gasteiger partial charge on any atom is 0.387 e. The first kappa shape index (κ1) is 21.1. The van der Waals surface area contributed by atoms with E-state index in [-0.39, 0.29) is 36.3 Å². The highest BCUT2D eigenvalue weighted by Gasteiger charge is 2.10. The van der Waals surface area contributed by atoms with Gasteiger partial charge >= 0.3 is 6.61 Å². The minimum Gasteiger partial charge on any atom is -0.434 e. The van der Waals surface area contributed by atoms with Crippen LogP contribution in [0.3, 0.4) is 0 Å². The van der Waals surface area contributed by atoms with Gasteiger partial charge in [-0.25, -0.2) is 4.99 Å². The number of halogens is 3. The molecule has 6 nitrogen and oxygen atoms in total. The summed E-state index contributed by atoms with van der Waals surface area (Å²) in [5.74, 6) is 0.678. The van der Waals surface area contributed by atoms with Gasteiger partial charge < -0.3 is 19.9 Å². The van der Waals surface area contributed by atoms with Crippen molar-refractivity contribution >= 4 is 29.9 Å². The van der Waals surface area contributed by atoms with E-state index < -0.39 is 6.61 Å². The van der Waals surface area contributed by atoms with E-state index in [2.05, 4.69) is 25.5 Å². The SMILES string of the molecule is CCNC(=NCc1cc(C)ccc1OC(F)F)NCc1ccon1.I. The van der Waals surface area contributed by atoms with Gasteiger partial charge in [-0.15, -0.1) is 24.0 Å². The molecule has 1 aromatic heterocycles. The molecule has 0 spiro atoms. The van der Waals surface area contributed by atoms with Gasteiger partial charge in [0.1, 0.15) is 17.7 Å². The highest BCUT2D eigenvalue weighted by Crippen LogP contribution is 2.22. The molecule has 9 heteroatoms. The summed E-state index contributed by atoms with van der Waals surface area (Å²) in [4.78, 5) is 4.40. The summed E-state index contributed by atoms with van der Waals surface area (Å²) in [7, 11) is 0. The highest BCUT2D eigenvalue weighted by molar-refractivity contribution is 14.0. The van der Waals surface area contributed by atoms with Crippen LogP contribution < -0.4 is 15.4 Å². The summed E-state index contributed by atoms with van der Waals surface area (Å²) >= 11 is 0. The number of hydrogen-bond donors (Lipinski definition) is 2. The van der Waals surface area contributed by atoms with Gasteiger partial charge in [-0.05, 0) is 19.9 Å². The van der Waals surface area contributed by atoms with E-state index in [4.69, 9.17) is 4.52 Å². The Morgan fingerprint density at radius 1 is 1.32 bits per heavy atom. The Kier molecular flexibility index (Phi) is 9.17. The second-order valence-corrected chi connectivity index (χ2v) is 5.03. The van der Waals surface area contributed by atoms with Crippen molar-refractivity contribution in [3.63, 3.8) is 0 Å². The van der Waals surface area contributed by atoms with Crippen LogP contribution in [0.2, 0.25) is 0 Å². The molecule has 138 valence electrons. The molecular formula is C16H21F2IN4O2. The number of hydrogen-bond acceptors (Lipinski definition) is 4. The first-order valence-corrected chi connectivity index (χ1v) is 7.54. The summed E-state index contributed by atoms with van der Waals surface area (Å²) in [6.45, 7) is 2.26. The number of benzene rings is 1. The number of nitrogens with zero attached hydrogens (tertiary/aromatic N) is 2. The molecule has 2 N–H and O–H groups in total. The van der Waals surface area contributed by atoms with Gasteiger partial charge in [0, 0.05) is 18.2 Å². The van der Waals surface area contributed by atoms with Crippen LogP contribution in [-0.4, -0.2) is 24.3 Å². The molecule has 0 unspecified atom stereocenters. The number of aromatic nitrogens is 1. The van der Waals surface area contributed by atoms with Crippen molar-refractivity contribution in [3.8, 4) is 5.75 Å². The van der Waals surface area contributed by atoms with Crippen LogP contribution in [0, 0.1) is 6.92 Å². The quantitative estimate of drug-likeness (QED) is 0.372. The third kappa shape index (κ3) is 7.24. The Labute approximate surface area is 162 Å². The molecule has 0 saturated heterocycles. The zero-order valence-corrected chi connectivity index (χ0v) is 16.3. The van der Waals surface area contributed by atoms with Gasteiger partial charge in [-0.1, -0.05) is 22.9 Å². The molecule has 0 bridgehead atoms. The number of guanidine groups is 1. The molecule has 0 aliphatic heterocycles. The van der Waals surface area contributed by atoms with E-state index in [9.17, 15) is 8.78 Å². The second kappa shape index (κ2) is 10.9. The van der Waals surface area contributed by atoms with Gasteiger partial charge in [-0.3, -0.25) is 0 Å². The maximum atomic E-state index is 12.5. The molecule has 0 aliphatic rings. The molecule has 2 rings (SSSR count). The van der Waals surface area contributed by atoms with Crippen molar-refractivity contribution in [2.24, 2.45) is 4.99 Å². The molecule has 1 heterocycles. The predicted molar refractivity (Wildman–Crippen MR) is 101 cm³/mol. The molecule has 2 aromatic rings. The summed E-state index contributed by atoms with van der Waals surface area (Å²) in [6, 6.07) is 6.77. The minimum atomic E-state index is -2.87. The van der Waals surface area contributed by atoms with Crippen LogP contribution in [0.4, 0.5) is 8.78 Å². The number of ether oxygens (including phenoxy) is 1. The van der Waals surface area contributed by atoms with Crippen molar-refractivity contribution in [2.75, 3.05) is 6.54 Å². The monoisotopic (exact) mass is 466 g/mol. The Bertz CT molecular complexity index is 666. The number of alkyl halides is 2. The van der Waals surface area contributed by atoms with Gasteiger partial charge in [0.2, 0.25) is 0 Å². The van der Waals surface area contributed by atoms with Crippen molar-refractivity contribution in [3.05, 3.63) is 47.3 Å². The predicted octanol–water partition coefficient (Wildman–Crippen LogP) is 3.46. The average Bonchev–Trinajstić information content (AvgIpc) is 3.05. The molecule has 0 saturated carbocycles. The van der Waals surface area contributed by atoms with E-state index in [0.29, 0.717) is 24.6 Å². The van der Waals surface area contributed by atoms with Crippen LogP contribution >= 0.6 is 24.0 Å². The summed E-state index contributed by atoms with van der Waals surface area (Å²) in [5.41, 5.74) is 2.27. The number of nitrogens with one attached hydrogen (secondary N) is 2. The summed E-state index contributed by atoms with van der Waals surface area (Å²) in [5, 5.41) is 9.98. The summed E-state index contributed by atoms with van der Waals surface area (Å²) < 4.78 is 34.3.